The van der Waals surface area contributed by atoms with Crippen molar-refractivity contribution >= 4 is 39.2 Å². The van der Waals surface area contributed by atoms with Crippen LogP contribution in [0.5, 0.6) is 0 Å². The van der Waals surface area contributed by atoms with Crippen LogP contribution in [0.15, 0.2) is 82.0 Å². The average molecular weight is 457 g/mol. The summed E-state index contributed by atoms with van der Waals surface area (Å²) in [4.78, 5) is 35.3. The molecule has 3 aromatic heterocycles. The normalized spacial score (nSPS) is 11.1. The van der Waals surface area contributed by atoms with Crippen molar-refractivity contribution in [3.63, 3.8) is 0 Å². The second kappa shape index (κ2) is 8.05. The van der Waals surface area contributed by atoms with Crippen LogP contribution in [0.1, 0.15) is 4.88 Å². The highest BCUT2D eigenvalue weighted by molar-refractivity contribution is 7.10. The lowest BCUT2D eigenvalue weighted by atomic mass is 10.1. The van der Waals surface area contributed by atoms with E-state index in [1.807, 2.05) is 42.6 Å². The number of fused-ring (bicyclic) bond motifs is 1. The summed E-state index contributed by atoms with van der Waals surface area (Å²) >= 11 is 1.51. The molecule has 0 saturated carbocycles. The summed E-state index contributed by atoms with van der Waals surface area (Å²) in [7, 11) is 0. The van der Waals surface area contributed by atoms with Crippen LogP contribution in [0.25, 0.3) is 27.7 Å². The molecule has 0 aliphatic heterocycles. The zero-order chi connectivity index (χ0) is 23.1. The second-order valence-corrected chi connectivity index (χ2v) is 8.66. The van der Waals surface area contributed by atoms with E-state index in [0.29, 0.717) is 33.7 Å². The fourth-order valence-corrected chi connectivity index (χ4v) is 4.55. The van der Waals surface area contributed by atoms with E-state index in [2.05, 4.69) is 9.97 Å². The van der Waals surface area contributed by atoms with Crippen LogP contribution >= 0.6 is 11.3 Å². The zero-order valence-corrected chi connectivity index (χ0v) is 18.5. The number of aryl methyl sites for hydroxylation is 1. The summed E-state index contributed by atoms with van der Waals surface area (Å²) in [5.74, 6) is 6.48. The van der Waals surface area contributed by atoms with E-state index in [1.165, 1.54) is 22.5 Å². The van der Waals surface area contributed by atoms with Gasteiger partial charge in [0.25, 0.3) is 5.56 Å². The molecule has 5 N–H and O–H groups in total. The van der Waals surface area contributed by atoms with Crippen molar-refractivity contribution in [1.82, 2.24) is 14.5 Å². The minimum Gasteiger partial charge on any atom is -0.397 e. The molecule has 0 bridgehead atoms. The zero-order valence-electron chi connectivity index (χ0n) is 17.6. The molecule has 0 unspecified atom stereocenters. The highest BCUT2D eigenvalue weighted by atomic mass is 32.1. The molecule has 0 radical (unpaired) electrons. The Bertz CT molecular complexity index is 1610. The van der Waals surface area contributed by atoms with Crippen LogP contribution in [-0.4, -0.2) is 14.5 Å². The highest BCUT2D eigenvalue weighted by Crippen LogP contribution is 2.33. The van der Waals surface area contributed by atoms with Gasteiger partial charge in [-0.15, -0.1) is 11.3 Å². The molecule has 0 fully saturated rings. The number of hydrazine groups is 1. The summed E-state index contributed by atoms with van der Waals surface area (Å²) in [6.07, 6.45) is 3.18. The molecule has 33 heavy (non-hydrogen) atoms. The molecular weight excluding hydrogens is 436 g/mol. The molecule has 0 aliphatic rings. The van der Waals surface area contributed by atoms with E-state index in [4.69, 9.17) is 11.6 Å². The van der Waals surface area contributed by atoms with Crippen LogP contribution in [0, 0.1) is 6.92 Å². The van der Waals surface area contributed by atoms with Crippen molar-refractivity contribution in [1.29, 1.82) is 0 Å². The van der Waals surface area contributed by atoms with E-state index in [9.17, 15) is 9.59 Å². The fraction of sp³-hybridized carbons (Fsp3) is 0.0417. The lowest BCUT2D eigenvalue weighted by Crippen LogP contribution is -2.41. The standard InChI is InChI=1S/C24H20N6O2S/c1-14-10-16(13-33-14)21-22(30(26)19-9-5-4-8-18(19)25)23(31)29(24(32)28-21)20-12-27-11-15-6-2-3-7-17(15)20/h2-13H,25-26H2,1H3,(H,28,32). The number of aromatic nitrogens is 3. The Morgan fingerprint density at radius 3 is 2.58 bits per heavy atom. The largest absolute Gasteiger partial charge is 0.397 e. The number of thiophene rings is 1. The van der Waals surface area contributed by atoms with Gasteiger partial charge >= 0.3 is 5.69 Å². The van der Waals surface area contributed by atoms with Crippen molar-refractivity contribution in [2.75, 3.05) is 10.7 Å². The van der Waals surface area contributed by atoms with E-state index in [-0.39, 0.29) is 5.69 Å². The van der Waals surface area contributed by atoms with E-state index in [1.54, 1.807) is 30.5 Å². The van der Waals surface area contributed by atoms with Crippen molar-refractivity contribution in [3.8, 4) is 16.9 Å². The second-order valence-electron chi connectivity index (χ2n) is 7.55. The summed E-state index contributed by atoms with van der Waals surface area (Å²) in [6, 6.07) is 16.3. The third-order valence-electron chi connectivity index (χ3n) is 5.42. The van der Waals surface area contributed by atoms with Crippen molar-refractivity contribution in [2.24, 2.45) is 5.84 Å². The van der Waals surface area contributed by atoms with Crippen LogP contribution in [0.2, 0.25) is 0 Å². The first-order valence-corrected chi connectivity index (χ1v) is 11.0. The molecule has 0 aliphatic carbocycles. The Hall–Kier alpha value is -4.21. The predicted molar refractivity (Wildman–Crippen MR) is 133 cm³/mol. The number of rotatable bonds is 4. The minimum absolute atomic E-state index is 0.0956. The lowest BCUT2D eigenvalue weighted by Gasteiger charge is -2.23. The Balaban J connectivity index is 1.85. The summed E-state index contributed by atoms with van der Waals surface area (Å²) in [6.45, 7) is 1.95. The number of H-pyrrole nitrogens is 1. The molecule has 164 valence electrons. The fourth-order valence-electron chi connectivity index (χ4n) is 3.86. The van der Waals surface area contributed by atoms with Gasteiger partial charge < -0.3 is 10.7 Å². The van der Waals surface area contributed by atoms with Gasteiger partial charge in [0.15, 0.2) is 0 Å². The Morgan fingerprint density at radius 1 is 1.06 bits per heavy atom. The van der Waals surface area contributed by atoms with Gasteiger partial charge in [-0.1, -0.05) is 36.4 Å². The molecule has 3 heterocycles. The van der Waals surface area contributed by atoms with Crippen LogP contribution in [0.3, 0.4) is 0 Å². The highest BCUT2D eigenvalue weighted by Gasteiger charge is 2.23. The molecule has 0 atom stereocenters. The van der Waals surface area contributed by atoms with Crippen molar-refractivity contribution < 1.29 is 0 Å². The van der Waals surface area contributed by atoms with Crippen LogP contribution in [0.4, 0.5) is 17.1 Å². The first-order chi connectivity index (χ1) is 16.0. The van der Waals surface area contributed by atoms with Crippen molar-refractivity contribution in [2.45, 2.75) is 6.92 Å². The molecule has 0 amide bonds. The quantitative estimate of drug-likeness (QED) is 0.215. The first kappa shape index (κ1) is 20.7. The molecule has 2 aromatic carbocycles. The molecule has 0 spiro atoms. The third-order valence-corrected chi connectivity index (χ3v) is 6.28. The summed E-state index contributed by atoms with van der Waals surface area (Å²) in [5, 5.41) is 4.62. The summed E-state index contributed by atoms with van der Waals surface area (Å²) < 4.78 is 1.06. The number of aromatic amines is 1. The molecule has 0 saturated heterocycles. The number of nitrogens with two attached hydrogens (primary N) is 2. The number of nitrogens with zero attached hydrogens (tertiary/aromatic N) is 3. The molecular formula is C24H20N6O2S. The molecule has 5 rings (SSSR count). The number of nitrogen functional groups attached to an aromatic ring is 1. The summed E-state index contributed by atoms with van der Waals surface area (Å²) in [5.41, 5.74) is 7.29. The number of benzene rings is 2. The Morgan fingerprint density at radius 2 is 1.82 bits per heavy atom. The monoisotopic (exact) mass is 456 g/mol. The maximum Gasteiger partial charge on any atom is 0.333 e. The van der Waals surface area contributed by atoms with Crippen LogP contribution in [-0.2, 0) is 0 Å². The molecule has 8 nitrogen and oxygen atoms in total. The first-order valence-electron chi connectivity index (χ1n) is 10.1. The van der Waals surface area contributed by atoms with E-state index < -0.39 is 11.2 Å². The van der Waals surface area contributed by atoms with E-state index in [0.717, 1.165) is 14.8 Å². The number of anilines is 3. The maximum atomic E-state index is 13.9. The van der Waals surface area contributed by atoms with Gasteiger partial charge in [-0.05, 0) is 25.1 Å². The maximum absolute atomic E-state index is 13.9. The van der Waals surface area contributed by atoms with E-state index >= 15 is 0 Å². The van der Waals surface area contributed by atoms with Gasteiger partial charge in [-0.3, -0.25) is 14.8 Å². The van der Waals surface area contributed by atoms with Gasteiger partial charge in [-0.25, -0.2) is 15.2 Å². The lowest BCUT2D eigenvalue weighted by molar-refractivity contribution is 0.866. The number of hydrogen-bond donors (Lipinski definition) is 3. The van der Waals surface area contributed by atoms with Crippen LogP contribution < -0.4 is 27.8 Å². The third kappa shape index (κ3) is 3.49. The van der Waals surface area contributed by atoms with Gasteiger partial charge in [0.2, 0.25) is 0 Å². The smallest absolute Gasteiger partial charge is 0.333 e. The average Bonchev–Trinajstić information content (AvgIpc) is 3.25. The topological polar surface area (TPSA) is 123 Å². The predicted octanol–water partition coefficient (Wildman–Crippen LogP) is 3.70. The Labute approximate surface area is 192 Å². The van der Waals surface area contributed by atoms with Gasteiger partial charge in [-0.2, -0.15) is 0 Å². The number of nitrogens with one attached hydrogen (secondary N) is 1. The molecule has 5 aromatic rings. The Kier molecular flexibility index (Phi) is 5.04. The van der Waals surface area contributed by atoms with Gasteiger partial charge in [0.1, 0.15) is 5.69 Å². The number of hydrogen-bond acceptors (Lipinski definition) is 7. The molecule has 9 heteroatoms. The van der Waals surface area contributed by atoms with Gasteiger partial charge in [0.05, 0.1) is 29.0 Å². The number of pyridine rings is 1. The van der Waals surface area contributed by atoms with Crippen molar-refractivity contribution in [3.05, 3.63) is 98.1 Å². The van der Waals surface area contributed by atoms with Gasteiger partial charge in [0, 0.05) is 32.8 Å². The SMILES string of the molecule is Cc1cc(-c2[nH]c(=O)n(-c3cncc4ccccc34)c(=O)c2N(N)c2ccccc2N)cs1. The minimum atomic E-state index is -0.588. The number of para-hydroxylation sites is 2.